The number of rotatable bonds is 1. The van der Waals surface area contributed by atoms with Gasteiger partial charge in [-0.3, -0.25) is 0 Å². The number of aromatic nitrogens is 2. The van der Waals surface area contributed by atoms with Gasteiger partial charge in [0.1, 0.15) is 7.05 Å². The molecule has 0 aliphatic heterocycles. The van der Waals surface area contributed by atoms with Crippen molar-refractivity contribution in [1.29, 1.82) is 0 Å². The van der Waals surface area contributed by atoms with Gasteiger partial charge in [-0.15, -0.1) is 0 Å². The number of aryl methyl sites for hydroxylation is 2. The lowest BCUT2D eigenvalue weighted by Gasteiger charge is -2.14. The monoisotopic (exact) mass is 447 g/mol. The van der Waals surface area contributed by atoms with Crippen molar-refractivity contribution in [1.82, 2.24) is 4.40 Å². The van der Waals surface area contributed by atoms with Crippen LogP contribution in [0.5, 0.6) is 0 Å². The molecule has 8 aromatic rings. The molecule has 0 spiro atoms. The first-order valence-corrected chi connectivity index (χ1v) is 12.2. The van der Waals surface area contributed by atoms with E-state index in [-0.39, 0.29) is 0 Å². The average Bonchev–Trinajstić information content (AvgIpc) is 3.24. The van der Waals surface area contributed by atoms with Gasteiger partial charge in [0.2, 0.25) is 5.52 Å². The van der Waals surface area contributed by atoms with Crippen molar-refractivity contribution in [2.75, 3.05) is 0 Å². The van der Waals surface area contributed by atoms with Gasteiger partial charge in [0.25, 0.3) is 0 Å². The largest absolute Gasteiger partial charge is 0.307 e. The van der Waals surface area contributed by atoms with E-state index in [9.17, 15) is 0 Å². The van der Waals surface area contributed by atoms with Crippen LogP contribution >= 0.6 is 0 Å². The maximum Gasteiger partial charge on any atom is 0.224 e. The van der Waals surface area contributed by atoms with Crippen molar-refractivity contribution >= 4 is 59.8 Å². The molecule has 164 valence electrons. The molecule has 0 aliphatic carbocycles. The smallest absolute Gasteiger partial charge is 0.224 e. The Balaban J connectivity index is 1.71. The van der Waals surface area contributed by atoms with Gasteiger partial charge in [0.05, 0.1) is 27.3 Å². The van der Waals surface area contributed by atoms with Gasteiger partial charge in [0.15, 0.2) is 6.20 Å². The van der Waals surface area contributed by atoms with Crippen LogP contribution < -0.4 is 4.57 Å². The van der Waals surface area contributed by atoms with E-state index in [4.69, 9.17) is 0 Å². The first-order valence-electron chi connectivity index (χ1n) is 12.2. The number of hydrogen-bond donors (Lipinski definition) is 0. The molecule has 35 heavy (non-hydrogen) atoms. The molecule has 0 N–H and O–H groups in total. The van der Waals surface area contributed by atoms with Crippen LogP contribution in [0.2, 0.25) is 0 Å². The normalized spacial score (nSPS) is 12.3. The van der Waals surface area contributed by atoms with Crippen molar-refractivity contribution in [3.05, 3.63) is 109 Å². The first kappa shape index (κ1) is 18.9. The van der Waals surface area contributed by atoms with Crippen molar-refractivity contribution in [3.8, 4) is 11.1 Å². The fourth-order valence-corrected chi connectivity index (χ4v) is 6.30. The van der Waals surface area contributed by atoms with Gasteiger partial charge in [-0.2, -0.15) is 0 Å². The van der Waals surface area contributed by atoms with Crippen molar-refractivity contribution < 1.29 is 4.57 Å². The highest BCUT2D eigenvalue weighted by Gasteiger charge is 2.24. The first-order chi connectivity index (χ1) is 17.2. The lowest BCUT2D eigenvalue weighted by atomic mass is 9.96. The summed E-state index contributed by atoms with van der Waals surface area (Å²) in [7, 11) is 2.18. The van der Waals surface area contributed by atoms with Crippen LogP contribution in [-0.4, -0.2) is 4.40 Å². The summed E-state index contributed by atoms with van der Waals surface area (Å²) in [5.41, 5.74) is 8.99. The lowest BCUT2D eigenvalue weighted by Crippen LogP contribution is -2.28. The molecule has 0 amide bonds. The molecule has 0 radical (unpaired) electrons. The topological polar surface area (TPSA) is 8.29 Å². The Morgan fingerprint density at radius 2 is 1.40 bits per heavy atom. The van der Waals surface area contributed by atoms with Crippen LogP contribution in [0.25, 0.3) is 70.9 Å². The minimum absolute atomic E-state index is 1.25. The molecule has 0 bridgehead atoms. The Hall–Kier alpha value is -4.43. The quantitative estimate of drug-likeness (QED) is 0.137. The van der Waals surface area contributed by atoms with Gasteiger partial charge in [-0.05, 0) is 51.9 Å². The zero-order valence-corrected chi connectivity index (χ0v) is 19.7. The van der Waals surface area contributed by atoms with E-state index in [1.54, 1.807) is 0 Å². The van der Waals surface area contributed by atoms with Crippen LogP contribution in [0.3, 0.4) is 0 Å². The molecule has 0 aliphatic rings. The predicted octanol–water partition coefficient (Wildman–Crippen LogP) is 7.94. The number of fused-ring (bicyclic) bond motifs is 7. The maximum absolute atomic E-state index is 2.53. The summed E-state index contributed by atoms with van der Waals surface area (Å²) in [6.07, 6.45) is 2.20. The molecule has 2 nitrogen and oxygen atoms in total. The Morgan fingerprint density at radius 3 is 2.29 bits per heavy atom. The van der Waals surface area contributed by atoms with Gasteiger partial charge < -0.3 is 4.40 Å². The van der Waals surface area contributed by atoms with E-state index in [2.05, 4.69) is 126 Å². The summed E-state index contributed by atoms with van der Waals surface area (Å²) in [6, 6.07) is 35.7. The van der Waals surface area contributed by atoms with Crippen LogP contribution in [0.15, 0.2) is 103 Å². The van der Waals surface area contributed by atoms with Gasteiger partial charge in [-0.1, -0.05) is 78.9 Å². The third-order valence-corrected chi connectivity index (χ3v) is 7.90. The Bertz CT molecular complexity index is 2110. The Morgan fingerprint density at radius 1 is 0.600 bits per heavy atom. The highest BCUT2D eigenvalue weighted by Crippen LogP contribution is 2.43. The number of nitrogens with zero attached hydrogens (tertiary/aromatic N) is 2. The van der Waals surface area contributed by atoms with Crippen LogP contribution in [-0.2, 0) is 7.05 Å². The molecule has 0 atom stereocenters. The average molecular weight is 448 g/mol. The third kappa shape index (κ3) is 2.36. The summed E-state index contributed by atoms with van der Waals surface area (Å²) >= 11 is 0. The standard InChI is InChI=1S/C33H23N2/c1-20-25-11-7-6-10-24(25)19-29-30(20)33-31-22(16-17-34(33)2)12-15-27-26-14-13-23(21-8-4-3-5-9-21)18-28(26)35(29)32(27)31/h3-19H,1-2H3/q+1. The minimum Gasteiger partial charge on any atom is -0.307 e. The van der Waals surface area contributed by atoms with Gasteiger partial charge >= 0.3 is 0 Å². The molecule has 8 rings (SSSR count). The molecular formula is C33H23N2+. The number of benzene rings is 5. The highest BCUT2D eigenvalue weighted by molar-refractivity contribution is 6.28. The molecular weight excluding hydrogens is 424 g/mol. The zero-order valence-electron chi connectivity index (χ0n) is 19.7. The summed E-state index contributed by atoms with van der Waals surface area (Å²) < 4.78 is 4.83. The highest BCUT2D eigenvalue weighted by atomic mass is 15.0. The van der Waals surface area contributed by atoms with E-state index in [1.807, 2.05) is 0 Å². The molecule has 5 aromatic carbocycles. The van der Waals surface area contributed by atoms with Gasteiger partial charge in [0, 0.05) is 16.8 Å². The van der Waals surface area contributed by atoms with E-state index in [1.165, 1.54) is 76.5 Å². The summed E-state index contributed by atoms with van der Waals surface area (Å²) in [4.78, 5) is 0. The SMILES string of the molecule is Cc1c2ccccc2cc2c1c1c3c(ccc4c5ccc(-c6ccccc6)cc5n2c43)cc[n+]1C. The van der Waals surface area contributed by atoms with E-state index >= 15 is 0 Å². The lowest BCUT2D eigenvalue weighted by molar-refractivity contribution is -0.643. The summed E-state index contributed by atoms with van der Waals surface area (Å²) in [6.45, 7) is 2.28. The molecule has 0 saturated heterocycles. The van der Waals surface area contributed by atoms with Crippen molar-refractivity contribution in [2.24, 2.45) is 7.05 Å². The van der Waals surface area contributed by atoms with E-state index < -0.39 is 0 Å². The second-order valence-corrected chi connectivity index (χ2v) is 9.75. The van der Waals surface area contributed by atoms with Crippen LogP contribution in [0.1, 0.15) is 5.56 Å². The molecule has 0 unspecified atom stereocenters. The number of pyridine rings is 2. The molecule has 0 saturated carbocycles. The Labute approximate surface area is 202 Å². The van der Waals surface area contributed by atoms with Crippen LogP contribution in [0, 0.1) is 6.92 Å². The Kier molecular flexibility index (Phi) is 3.56. The predicted molar refractivity (Wildman–Crippen MR) is 147 cm³/mol. The second kappa shape index (κ2) is 6.58. The van der Waals surface area contributed by atoms with Crippen LogP contribution in [0.4, 0.5) is 0 Å². The zero-order chi connectivity index (χ0) is 23.3. The molecule has 0 fully saturated rings. The molecule has 2 heteroatoms. The van der Waals surface area contributed by atoms with Gasteiger partial charge in [-0.25, -0.2) is 4.57 Å². The minimum atomic E-state index is 1.25. The maximum atomic E-state index is 2.53. The fraction of sp³-hybridized carbons (Fsp3) is 0.0606. The third-order valence-electron chi connectivity index (χ3n) is 7.90. The van der Waals surface area contributed by atoms with Crippen molar-refractivity contribution in [2.45, 2.75) is 6.92 Å². The van der Waals surface area contributed by atoms with E-state index in [0.29, 0.717) is 0 Å². The molecule has 3 heterocycles. The number of hydrogen-bond acceptors (Lipinski definition) is 0. The fourth-order valence-electron chi connectivity index (χ4n) is 6.30. The summed E-state index contributed by atoms with van der Waals surface area (Å²) in [5, 5.41) is 9.19. The second-order valence-electron chi connectivity index (χ2n) is 9.75. The van der Waals surface area contributed by atoms with E-state index in [0.717, 1.165) is 0 Å². The molecule has 3 aromatic heterocycles. The summed E-state index contributed by atoms with van der Waals surface area (Å²) in [5.74, 6) is 0. The van der Waals surface area contributed by atoms with Crippen molar-refractivity contribution in [3.63, 3.8) is 0 Å².